The summed E-state index contributed by atoms with van der Waals surface area (Å²) < 4.78 is 13.1. The van der Waals surface area contributed by atoms with Crippen molar-refractivity contribution in [2.45, 2.75) is 32.0 Å². The number of hydrogen-bond acceptors (Lipinski definition) is 3. The number of halogens is 1. The highest BCUT2D eigenvalue weighted by molar-refractivity contribution is 5.79. The first-order chi connectivity index (χ1) is 5.87. The van der Waals surface area contributed by atoms with E-state index in [4.69, 9.17) is 11.0 Å². The van der Waals surface area contributed by atoms with Crippen molar-refractivity contribution >= 4 is 5.91 Å². The Morgan fingerprint density at radius 1 is 1.77 bits per heavy atom. The van der Waals surface area contributed by atoms with Gasteiger partial charge in [-0.3, -0.25) is 10.1 Å². The van der Waals surface area contributed by atoms with Crippen molar-refractivity contribution in [2.75, 3.05) is 6.54 Å². The number of alkyl halides is 1. The average molecular weight is 187 g/mol. The van der Waals surface area contributed by atoms with Crippen LogP contribution in [0.15, 0.2) is 0 Å². The topological polar surface area (TPSA) is 78.9 Å². The van der Waals surface area contributed by atoms with Gasteiger partial charge in [-0.05, 0) is 13.8 Å². The smallest absolute Gasteiger partial charge is 0.234 e. The highest BCUT2D eigenvalue weighted by atomic mass is 19.1. The second-order valence-corrected chi connectivity index (χ2v) is 3.42. The van der Waals surface area contributed by atoms with E-state index >= 15 is 0 Å². The normalized spacial score (nSPS) is 13.4. The number of nitriles is 1. The van der Waals surface area contributed by atoms with Crippen LogP contribution in [0.3, 0.4) is 0 Å². The third kappa shape index (κ3) is 6.05. The van der Waals surface area contributed by atoms with E-state index in [2.05, 4.69) is 5.32 Å². The molecule has 0 aromatic carbocycles. The lowest BCUT2D eigenvalue weighted by Crippen LogP contribution is -2.44. The fraction of sp³-hybridized carbons (Fsp3) is 0.750. The Bertz CT molecular complexity index is 216. The standard InChI is InChI=1S/C8H14FN3O/c1-8(2,9)5-6(7(11)13)12-4-3-10/h6,12H,4-5H2,1-2H3,(H2,11,13)/t6-/m0/s1. The van der Waals surface area contributed by atoms with Gasteiger partial charge in [0, 0.05) is 6.42 Å². The molecule has 1 amide bonds. The van der Waals surface area contributed by atoms with Crippen molar-refractivity contribution in [2.24, 2.45) is 5.73 Å². The largest absolute Gasteiger partial charge is 0.368 e. The molecule has 0 spiro atoms. The third-order valence-electron chi connectivity index (χ3n) is 1.46. The van der Waals surface area contributed by atoms with Gasteiger partial charge in [0.2, 0.25) is 5.91 Å². The van der Waals surface area contributed by atoms with Crippen LogP contribution in [0.25, 0.3) is 0 Å². The molecule has 5 heteroatoms. The molecule has 13 heavy (non-hydrogen) atoms. The second kappa shape index (κ2) is 4.77. The molecule has 0 rings (SSSR count). The average Bonchev–Trinajstić information content (AvgIpc) is 1.95. The maximum absolute atomic E-state index is 13.1. The summed E-state index contributed by atoms with van der Waals surface area (Å²) in [6, 6.07) is 1.02. The Morgan fingerprint density at radius 2 is 2.31 bits per heavy atom. The zero-order valence-corrected chi connectivity index (χ0v) is 7.80. The number of hydrogen-bond donors (Lipinski definition) is 2. The molecule has 1 atom stereocenters. The fourth-order valence-corrected chi connectivity index (χ4v) is 0.928. The molecule has 0 bridgehead atoms. The molecule has 0 aliphatic heterocycles. The van der Waals surface area contributed by atoms with E-state index < -0.39 is 17.6 Å². The van der Waals surface area contributed by atoms with Gasteiger partial charge in [0.05, 0.1) is 18.7 Å². The molecule has 0 radical (unpaired) electrons. The predicted molar refractivity (Wildman–Crippen MR) is 46.4 cm³/mol. The molecule has 0 fully saturated rings. The Balaban J connectivity index is 4.12. The summed E-state index contributed by atoms with van der Waals surface area (Å²) in [5.41, 5.74) is 3.54. The molecule has 0 aromatic rings. The minimum Gasteiger partial charge on any atom is -0.368 e. The van der Waals surface area contributed by atoms with Crippen molar-refractivity contribution in [1.82, 2.24) is 5.32 Å². The number of nitrogens with zero attached hydrogens (tertiary/aromatic N) is 1. The summed E-state index contributed by atoms with van der Waals surface area (Å²) in [5.74, 6) is -0.638. The van der Waals surface area contributed by atoms with E-state index in [-0.39, 0.29) is 13.0 Å². The van der Waals surface area contributed by atoms with Gasteiger partial charge in [0.15, 0.2) is 0 Å². The van der Waals surface area contributed by atoms with Crippen LogP contribution in [-0.2, 0) is 4.79 Å². The highest BCUT2D eigenvalue weighted by Crippen LogP contribution is 2.15. The van der Waals surface area contributed by atoms with Crippen LogP contribution in [0, 0.1) is 11.3 Å². The number of carbonyl (C=O) groups excluding carboxylic acids is 1. The zero-order valence-electron chi connectivity index (χ0n) is 7.80. The zero-order chi connectivity index (χ0) is 10.5. The number of carbonyl (C=O) groups is 1. The number of amides is 1. The Kier molecular flexibility index (Phi) is 4.35. The van der Waals surface area contributed by atoms with Crippen LogP contribution in [0.1, 0.15) is 20.3 Å². The van der Waals surface area contributed by atoms with Gasteiger partial charge in [-0.1, -0.05) is 0 Å². The molecular weight excluding hydrogens is 173 g/mol. The van der Waals surface area contributed by atoms with E-state index in [9.17, 15) is 9.18 Å². The molecule has 0 aliphatic carbocycles. The first kappa shape index (κ1) is 11.8. The van der Waals surface area contributed by atoms with Gasteiger partial charge in [0.1, 0.15) is 5.67 Å². The SMILES string of the molecule is CC(C)(F)C[C@H](NCC#N)C(N)=O. The Morgan fingerprint density at radius 3 is 2.62 bits per heavy atom. The molecule has 0 saturated carbocycles. The summed E-state index contributed by atoms with van der Waals surface area (Å²) in [6.45, 7) is 2.71. The monoisotopic (exact) mass is 187 g/mol. The molecule has 3 N–H and O–H groups in total. The number of nitrogens with one attached hydrogen (secondary N) is 1. The summed E-state index contributed by atoms with van der Waals surface area (Å²) in [4.78, 5) is 10.8. The highest BCUT2D eigenvalue weighted by Gasteiger charge is 2.25. The summed E-state index contributed by atoms with van der Waals surface area (Å²) in [5, 5.41) is 10.8. The lowest BCUT2D eigenvalue weighted by atomic mass is 10.0. The maximum atomic E-state index is 13.1. The molecule has 0 unspecified atom stereocenters. The second-order valence-electron chi connectivity index (χ2n) is 3.42. The number of primary amides is 1. The summed E-state index contributed by atoms with van der Waals surface area (Å²) in [6.07, 6.45) is -0.0238. The molecule has 4 nitrogen and oxygen atoms in total. The number of rotatable bonds is 5. The van der Waals surface area contributed by atoms with Crippen molar-refractivity contribution in [1.29, 1.82) is 5.26 Å². The quantitative estimate of drug-likeness (QED) is 0.599. The predicted octanol–water partition coefficient (Wildman–Crippen LogP) is 0.0917. The fourth-order valence-electron chi connectivity index (χ4n) is 0.928. The van der Waals surface area contributed by atoms with Gasteiger partial charge < -0.3 is 5.73 Å². The summed E-state index contributed by atoms with van der Waals surface area (Å²) >= 11 is 0. The molecular formula is C8H14FN3O. The maximum Gasteiger partial charge on any atom is 0.234 e. The minimum absolute atomic E-state index is 0.0102. The van der Waals surface area contributed by atoms with Crippen molar-refractivity contribution in [3.8, 4) is 6.07 Å². The molecule has 0 aliphatic rings. The van der Waals surface area contributed by atoms with Crippen molar-refractivity contribution in [3.63, 3.8) is 0 Å². The summed E-state index contributed by atoms with van der Waals surface area (Å²) in [7, 11) is 0. The lowest BCUT2D eigenvalue weighted by molar-refractivity contribution is -0.120. The molecule has 0 saturated heterocycles. The Hall–Kier alpha value is -1.15. The van der Waals surface area contributed by atoms with E-state index in [0.29, 0.717) is 0 Å². The van der Waals surface area contributed by atoms with Gasteiger partial charge in [0.25, 0.3) is 0 Å². The minimum atomic E-state index is -1.47. The van der Waals surface area contributed by atoms with Crippen LogP contribution in [0.5, 0.6) is 0 Å². The van der Waals surface area contributed by atoms with Crippen molar-refractivity contribution < 1.29 is 9.18 Å². The van der Waals surface area contributed by atoms with E-state index in [1.54, 1.807) is 6.07 Å². The molecule has 0 aromatic heterocycles. The van der Waals surface area contributed by atoms with Gasteiger partial charge in [-0.2, -0.15) is 5.26 Å². The lowest BCUT2D eigenvalue weighted by Gasteiger charge is -2.20. The first-order valence-electron chi connectivity index (χ1n) is 3.95. The third-order valence-corrected chi connectivity index (χ3v) is 1.46. The van der Waals surface area contributed by atoms with Gasteiger partial charge >= 0.3 is 0 Å². The van der Waals surface area contributed by atoms with E-state index in [0.717, 1.165) is 0 Å². The van der Waals surface area contributed by atoms with E-state index in [1.165, 1.54) is 13.8 Å². The van der Waals surface area contributed by atoms with Crippen LogP contribution in [-0.4, -0.2) is 24.2 Å². The van der Waals surface area contributed by atoms with Crippen molar-refractivity contribution in [3.05, 3.63) is 0 Å². The first-order valence-corrected chi connectivity index (χ1v) is 3.95. The van der Waals surface area contributed by atoms with E-state index in [1.807, 2.05) is 0 Å². The molecule has 0 heterocycles. The van der Waals surface area contributed by atoms with Crippen LogP contribution >= 0.6 is 0 Å². The van der Waals surface area contributed by atoms with Gasteiger partial charge in [-0.25, -0.2) is 4.39 Å². The Labute approximate surface area is 76.9 Å². The number of nitrogens with two attached hydrogens (primary N) is 1. The van der Waals surface area contributed by atoms with Crippen LogP contribution in [0.4, 0.5) is 4.39 Å². The van der Waals surface area contributed by atoms with Gasteiger partial charge in [-0.15, -0.1) is 0 Å². The van der Waals surface area contributed by atoms with Crippen LogP contribution in [0.2, 0.25) is 0 Å². The molecule has 74 valence electrons. The van der Waals surface area contributed by atoms with Crippen LogP contribution < -0.4 is 11.1 Å².